The lowest BCUT2D eigenvalue weighted by atomic mass is 10.1. The van der Waals surface area contributed by atoms with Gasteiger partial charge in [-0.15, -0.1) is 0 Å². The second kappa shape index (κ2) is 4.44. The third kappa shape index (κ3) is 2.36. The predicted octanol–water partition coefficient (Wildman–Crippen LogP) is 0.479. The molecule has 1 fully saturated rings. The molecule has 0 unspecified atom stereocenters. The average molecular weight is 208 g/mol. The molecule has 1 aliphatic rings. The van der Waals surface area contributed by atoms with E-state index < -0.39 is 0 Å². The minimum Gasteiger partial charge on any atom is -0.393 e. The molecule has 0 spiro atoms. The normalized spacial score (nSPS) is 17.9. The zero-order valence-electron chi connectivity index (χ0n) is 8.85. The number of aliphatic hydroxyl groups is 1. The average Bonchev–Trinajstić information content (AvgIpc) is 2.30. The number of hydrogen-bond acceptors (Lipinski definition) is 5. The number of anilines is 2. The minimum absolute atomic E-state index is 0.151. The number of hydrogen-bond donors (Lipinski definition) is 2. The highest BCUT2D eigenvalue weighted by Crippen LogP contribution is 2.18. The van der Waals surface area contributed by atoms with Crippen LogP contribution in [0.2, 0.25) is 0 Å². The second-order valence-corrected chi connectivity index (χ2v) is 3.73. The van der Waals surface area contributed by atoms with Crippen molar-refractivity contribution < 1.29 is 5.11 Å². The molecule has 0 bridgehead atoms. The Kier molecular flexibility index (Phi) is 3.01. The van der Waals surface area contributed by atoms with Crippen LogP contribution in [-0.2, 0) is 0 Å². The summed E-state index contributed by atoms with van der Waals surface area (Å²) in [7, 11) is 1.83. The van der Waals surface area contributed by atoms with E-state index in [1.165, 1.54) is 0 Å². The lowest BCUT2D eigenvalue weighted by Crippen LogP contribution is -2.36. The molecule has 1 aliphatic heterocycles. The standard InChI is InChI=1S/C10H16N4O/c1-11-9-6-12-7-10(13-9)14-4-2-8(15)3-5-14/h6-8,15H,2-5H2,1H3,(H,11,13). The Labute approximate surface area is 89.2 Å². The number of rotatable bonds is 2. The first kappa shape index (κ1) is 10.2. The fraction of sp³-hybridized carbons (Fsp3) is 0.600. The maximum absolute atomic E-state index is 9.40. The van der Waals surface area contributed by atoms with Crippen LogP contribution in [0.5, 0.6) is 0 Å². The quantitative estimate of drug-likeness (QED) is 0.740. The largest absolute Gasteiger partial charge is 0.393 e. The van der Waals surface area contributed by atoms with E-state index in [1.54, 1.807) is 12.4 Å². The molecule has 0 radical (unpaired) electrons. The monoisotopic (exact) mass is 208 g/mol. The molecular weight excluding hydrogens is 192 g/mol. The van der Waals surface area contributed by atoms with Gasteiger partial charge in [0.05, 0.1) is 18.5 Å². The SMILES string of the molecule is CNc1cncc(N2CCC(O)CC2)n1. The highest BCUT2D eigenvalue weighted by Gasteiger charge is 2.18. The van der Waals surface area contributed by atoms with E-state index in [1.807, 2.05) is 7.05 Å². The molecule has 5 nitrogen and oxygen atoms in total. The zero-order valence-corrected chi connectivity index (χ0v) is 8.85. The molecule has 15 heavy (non-hydrogen) atoms. The first-order valence-electron chi connectivity index (χ1n) is 5.22. The van der Waals surface area contributed by atoms with Crippen molar-refractivity contribution >= 4 is 11.6 Å². The van der Waals surface area contributed by atoms with Gasteiger partial charge in [0.25, 0.3) is 0 Å². The number of nitrogens with one attached hydrogen (secondary N) is 1. The first-order valence-corrected chi connectivity index (χ1v) is 5.22. The highest BCUT2D eigenvalue weighted by atomic mass is 16.3. The van der Waals surface area contributed by atoms with Crippen LogP contribution in [0.25, 0.3) is 0 Å². The van der Waals surface area contributed by atoms with Crippen LogP contribution in [0.3, 0.4) is 0 Å². The minimum atomic E-state index is -0.151. The number of nitrogens with zero attached hydrogens (tertiary/aromatic N) is 3. The molecule has 2 N–H and O–H groups in total. The summed E-state index contributed by atoms with van der Waals surface area (Å²) in [4.78, 5) is 10.7. The Hall–Kier alpha value is -1.36. The summed E-state index contributed by atoms with van der Waals surface area (Å²) >= 11 is 0. The van der Waals surface area contributed by atoms with Gasteiger partial charge in [0.1, 0.15) is 11.6 Å². The molecule has 2 heterocycles. The van der Waals surface area contributed by atoms with Crippen LogP contribution >= 0.6 is 0 Å². The summed E-state index contributed by atoms with van der Waals surface area (Å²) in [6, 6.07) is 0. The van der Waals surface area contributed by atoms with Gasteiger partial charge in [0, 0.05) is 20.1 Å². The van der Waals surface area contributed by atoms with Crippen LogP contribution in [0, 0.1) is 0 Å². The molecule has 2 rings (SSSR count). The molecule has 0 aliphatic carbocycles. The Balaban J connectivity index is 2.08. The van der Waals surface area contributed by atoms with Crippen LogP contribution in [0.1, 0.15) is 12.8 Å². The molecular formula is C10H16N4O. The van der Waals surface area contributed by atoms with Crippen LogP contribution in [0.4, 0.5) is 11.6 Å². The molecule has 1 saturated heterocycles. The fourth-order valence-electron chi connectivity index (χ4n) is 1.72. The number of aromatic nitrogens is 2. The number of piperidine rings is 1. The maximum Gasteiger partial charge on any atom is 0.149 e. The van der Waals surface area contributed by atoms with Gasteiger partial charge in [-0.25, -0.2) is 4.98 Å². The van der Waals surface area contributed by atoms with E-state index in [0.717, 1.165) is 37.6 Å². The summed E-state index contributed by atoms with van der Waals surface area (Å²) in [5.74, 6) is 1.66. The summed E-state index contributed by atoms with van der Waals surface area (Å²) in [5.41, 5.74) is 0. The van der Waals surface area contributed by atoms with Gasteiger partial charge < -0.3 is 15.3 Å². The predicted molar refractivity (Wildman–Crippen MR) is 59.0 cm³/mol. The summed E-state index contributed by atoms with van der Waals surface area (Å²) in [6.07, 6.45) is 4.93. The Bertz CT molecular complexity index is 323. The molecule has 1 aromatic heterocycles. The maximum atomic E-state index is 9.40. The fourth-order valence-corrected chi connectivity index (χ4v) is 1.72. The van der Waals surface area contributed by atoms with Crippen molar-refractivity contribution in [3.63, 3.8) is 0 Å². The molecule has 5 heteroatoms. The van der Waals surface area contributed by atoms with E-state index in [-0.39, 0.29) is 6.10 Å². The van der Waals surface area contributed by atoms with Gasteiger partial charge in [-0.3, -0.25) is 4.98 Å². The van der Waals surface area contributed by atoms with Crippen molar-refractivity contribution in [2.45, 2.75) is 18.9 Å². The summed E-state index contributed by atoms with van der Waals surface area (Å²) in [5, 5.41) is 12.4. The van der Waals surface area contributed by atoms with Gasteiger partial charge in [0.15, 0.2) is 0 Å². The third-order valence-electron chi connectivity index (χ3n) is 2.67. The second-order valence-electron chi connectivity index (χ2n) is 3.73. The van der Waals surface area contributed by atoms with Gasteiger partial charge in [0.2, 0.25) is 0 Å². The van der Waals surface area contributed by atoms with Crippen LogP contribution in [-0.4, -0.2) is 41.3 Å². The van der Waals surface area contributed by atoms with Crippen LogP contribution < -0.4 is 10.2 Å². The van der Waals surface area contributed by atoms with Crippen LogP contribution in [0.15, 0.2) is 12.4 Å². The van der Waals surface area contributed by atoms with Crippen molar-refractivity contribution in [3.8, 4) is 0 Å². The van der Waals surface area contributed by atoms with E-state index >= 15 is 0 Å². The Morgan fingerprint density at radius 1 is 1.40 bits per heavy atom. The van der Waals surface area contributed by atoms with Crippen molar-refractivity contribution in [1.82, 2.24) is 9.97 Å². The first-order chi connectivity index (χ1) is 7.29. The molecule has 0 saturated carbocycles. The van der Waals surface area contributed by atoms with Gasteiger partial charge >= 0.3 is 0 Å². The molecule has 82 valence electrons. The van der Waals surface area contributed by atoms with E-state index in [4.69, 9.17) is 0 Å². The third-order valence-corrected chi connectivity index (χ3v) is 2.67. The van der Waals surface area contributed by atoms with E-state index in [2.05, 4.69) is 20.2 Å². The zero-order chi connectivity index (χ0) is 10.7. The Morgan fingerprint density at radius 3 is 2.80 bits per heavy atom. The van der Waals surface area contributed by atoms with Gasteiger partial charge in [-0.1, -0.05) is 0 Å². The van der Waals surface area contributed by atoms with E-state index in [9.17, 15) is 5.11 Å². The number of aliphatic hydroxyl groups excluding tert-OH is 1. The van der Waals surface area contributed by atoms with Crippen molar-refractivity contribution in [2.75, 3.05) is 30.4 Å². The summed E-state index contributed by atoms with van der Waals surface area (Å²) in [6.45, 7) is 1.70. The molecule has 1 aromatic rings. The smallest absolute Gasteiger partial charge is 0.149 e. The lowest BCUT2D eigenvalue weighted by Gasteiger charge is -2.30. The van der Waals surface area contributed by atoms with Crippen molar-refractivity contribution in [2.24, 2.45) is 0 Å². The van der Waals surface area contributed by atoms with Gasteiger partial charge in [-0.2, -0.15) is 0 Å². The summed E-state index contributed by atoms with van der Waals surface area (Å²) < 4.78 is 0. The molecule has 0 aromatic carbocycles. The molecule has 0 amide bonds. The highest BCUT2D eigenvalue weighted by molar-refractivity contribution is 5.43. The van der Waals surface area contributed by atoms with E-state index in [0.29, 0.717) is 0 Å². The van der Waals surface area contributed by atoms with Crippen molar-refractivity contribution in [3.05, 3.63) is 12.4 Å². The molecule has 0 atom stereocenters. The van der Waals surface area contributed by atoms with Crippen molar-refractivity contribution in [1.29, 1.82) is 0 Å². The Morgan fingerprint density at radius 2 is 2.13 bits per heavy atom. The lowest BCUT2D eigenvalue weighted by molar-refractivity contribution is 0.145. The van der Waals surface area contributed by atoms with Gasteiger partial charge in [-0.05, 0) is 12.8 Å². The topological polar surface area (TPSA) is 61.3 Å².